The van der Waals surface area contributed by atoms with E-state index < -0.39 is 71.4 Å². The first kappa shape index (κ1) is 29.0. The van der Waals surface area contributed by atoms with Gasteiger partial charge in [-0.05, 0) is 6.07 Å². The molecular weight excluding hydrogens is 560 g/mol. The Bertz CT molecular complexity index is 1340. The second-order valence-corrected chi connectivity index (χ2v) is 9.45. The quantitative estimate of drug-likeness (QED) is 0.335. The molecule has 1 N–H and O–H groups in total. The number of hydrogen-bond acceptors (Lipinski definition) is 9. The van der Waals surface area contributed by atoms with Gasteiger partial charge in [-0.25, -0.2) is 22.8 Å². The molecule has 0 radical (unpaired) electrons. The fourth-order valence-corrected chi connectivity index (χ4v) is 3.82. The molecule has 208 valence electrons. The van der Waals surface area contributed by atoms with Gasteiger partial charge in [-0.1, -0.05) is 6.07 Å². The minimum atomic E-state index is -4.96. The van der Waals surface area contributed by atoms with Crippen LogP contribution in [0.2, 0.25) is 0 Å². The molecule has 2 heterocycles. The number of hydrogen-bond donors (Lipinski definition) is 1. The van der Waals surface area contributed by atoms with Crippen LogP contribution in [0.25, 0.3) is 11.5 Å². The van der Waals surface area contributed by atoms with Crippen LogP contribution in [0.5, 0.6) is 5.75 Å². The Hall–Kier alpha value is -3.61. The molecule has 0 saturated carbocycles. The number of nitrogens with one attached hydrogen (secondary N) is 1. The molecule has 10 nitrogen and oxygen atoms in total. The maximum Gasteiger partial charge on any atom is 0.402 e. The zero-order chi connectivity index (χ0) is 28.3. The lowest BCUT2D eigenvalue weighted by Crippen LogP contribution is -2.42. The van der Waals surface area contributed by atoms with E-state index in [1.165, 1.54) is 0 Å². The molecule has 0 fully saturated rings. The third kappa shape index (κ3) is 7.94. The van der Waals surface area contributed by atoms with Gasteiger partial charge < -0.3 is 14.5 Å². The maximum atomic E-state index is 14.8. The van der Waals surface area contributed by atoms with Crippen LogP contribution >= 0.6 is 0 Å². The smallest absolute Gasteiger partial charge is 0.402 e. The van der Waals surface area contributed by atoms with Crippen molar-refractivity contribution in [2.45, 2.75) is 25.3 Å². The highest BCUT2D eigenvalue weighted by Crippen LogP contribution is 2.29. The van der Waals surface area contributed by atoms with Gasteiger partial charge in [0.05, 0.1) is 17.9 Å². The van der Waals surface area contributed by atoms with Crippen molar-refractivity contribution in [3.63, 3.8) is 0 Å². The summed E-state index contributed by atoms with van der Waals surface area (Å²) in [7, 11) is -4.48. The number of benzene rings is 1. The van der Waals surface area contributed by atoms with Gasteiger partial charge in [0, 0.05) is 30.6 Å². The van der Waals surface area contributed by atoms with E-state index in [1.807, 2.05) is 0 Å². The van der Waals surface area contributed by atoms with Crippen molar-refractivity contribution in [1.82, 2.24) is 24.5 Å². The molecule has 0 bridgehead atoms. The summed E-state index contributed by atoms with van der Waals surface area (Å²) in [5, 5.41) is 9.00. The second-order valence-electron chi connectivity index (χ2n) is 7.47. The van der Waals surface area contributed by atoms with Gasteiger partial charge in [0.15, 0.2) is 0 Å². The molecular formula is C19H16F8N6O4S. The zero-order valence-corrected chi connectivity index (χ0v) is 19.7. The molecule has 0 aliphatic rings. The normalized spacial score (nSPS) is 13.4. The molecule has 38 heavy (non-hydrogen) atoms. The molecule has 2 aromatic heterocycles. The minimum Gasteiger partial charge on any atom is -0.435 e. The first-order valence-electron chi connectivity index (χ1n) is 10.1. The van der Waals surface area contributed by atoms with Crippen LogP contribution in [0.4, 0.5) is 41.1 Å². The Balaban J connectivity index is 1.94. The Kier molecular flexibility index (Phi) is 8.70. The fourth-order valence-electron chi connectivity index (χ4n) is 3.02. The monoisotopic (exact) mass is 576 g/mol. The van der Waals surface area contributed by atoms with Gasteiger partial charge in [0.1, 0.15) is 18.1 Å². The second kappa shape index (κ2) is 11.4. The summed E-state index contributed by atoms with van der Waals surface area (Å²) in [6, 6.07) is 0.753. The molecule has 0 amide bonds. The Morgan fingerprint density at radius 2 is 1.76 bits per heavy atom. The van der Waals surface area contributed by atoms with E-state index in [0.29, 0.717) is 12.3 Å². The fraction of sp³-hybridized carbons (Fsp3) is 0.368. The van der Waals surface area contributed by atoms with Crippen molar-refractivity contribution in [2.24, 2.45) is 0 Å². The van der Waals surface area contributed by atoms with Crippen LogP contribution in [-0.2, 0) is 10.0 Å². The van der Waals surface area contributed by atoms with Crippen molar-refractivity contribution in [3.05, 3.63) is 47.9 Å². The average molecular weight is 576 g/mol. The average Bonchev–Trinajstić information content (AvgIpc) is 3.28. The molecule has 0 saturated heterocycles. The highest BCUT2D eigenvalue weighted by atomic mass is 32.2. The Morgan fingerprint density at radius 3 is 2.26 bits per heavy atom. The van der Waals surface area contributed by atoms with Gasteiger partial charge in [0.2, 0.25) is 16.0 Å². The highest BCUT2D eigenvalue weighted by Gasteiger charge is 2.36. The van der Waals surface area contributed by atoms with Crippen molar-refractivity contribution < 1.29 is 52.7 Å². The summed E-state index contributed by atoms with van der Waals surface area (Å²) >= 11 is 0. The van der Waals surface area contributed by atoms with E-state index in [1.54, 1.807) is 0 Å². The summed E-state index contributed by atoms with van der Waals surface area (Å²) in [5.74, 6) is -3.53. The van der Waals surface area contributed by atoms with Gasteiger partial charge >= 0.3 is 19.2 Å². The number of anilines is 1. The van der Waals surface area contributed by atoms with Crippen molar-refractivity contribution in [1.29, 1.82) is 0 Å². The van der Waals surface area contributed by atoms with Crippen LogP contribution < -0.4 is 10.1 Å². The third-order valence-electron chi connectivity index (χ3n) is 4.61. The number of halogens is 8. The summed E-state index contributed by atoms with van der Waals surface area (Å²) in [6.45, 7) is -6.19. The molecule has 0 aliphatic heterocycles. The van der Waals surface area contributed by atoms with Crippen LogP contribution in [0.3, 0.4) is 0 Å². The lowest BCUT2D eigenvalue weighted by molar-refractivity contribution is -0.136. The molecule has 3 aromatic rings. The van der Waals surface area contributed by atoms with E-state index in [9.17, 15) is 43.5 Å². The maximum absolute atomic E-state index is 14.8. The van der Waals surface area contributed by atoms with Gasteiger partial charge in [0.25, 0.3) is 11.8 Å². The minimum absolute atomic E-state index is 0.0202. The predicted molar refractivity (Wildman–Crippen MR) is 112 cm³/mol. The van der Waals surface area contributed by atoms with Crippen molar-refractivity contribution in [2.75, 3.05) is 24.7 Å². The molecule has 0 spiro atoms. The van der Waals surface area contributed by atoms with E-state index >= 15 is 0 Å². The van der Waals surface area contributed by atoms with Gasteiger partial charge in [-0.3, -0.25) is 0 Å². The molecule has 1 atom stereocenters. The van der Waals surface area contributed by atoms with Gasteiger partial charge in [-0.2, -0.15) is 35.0 Å². The number of ether oxygens (including phenoxy) is 1. The third-order valence-corrected chi connectivity index (χ3v) is 5.83. The summed E-state index contributed by atoms with van der Waals surface area (Å²) in [6.07, 6.45) is -5.47. The van der Waals surface area contributed by atoms with Crippen LogP contribution in [0.1, 0.15) is 23.9 Å². The number of rotatable bonds is 11. The summed E-state index contributed by atoms with van der Waals surface area (Å²) < 4.78 is 137. The molecule has 1 aromatic carbocycles. The molecule has 19 heteroatoms. The lowest BCUT2D eigenvalue weighted by Gasteiger charge is -2.27. The SMILES string of the molecule is CS(=O)(=O)N(CC(Nc1ncc(-c2nnc(C(F)F)o2)cn1)c1ccc(OC(F)F)cc1F)CC(F)(F)F. The summed E-state index contributed by atoms with van der Waals surface area (Å²) in [4.78, 5) is 7.66. The molecule has 3 rings (SSSR count). The van der Waals surface area contributed by atoms with E-state index in [4.69, 9.17) is 4.42 Å². The highest BCUT2D eigenvalue weighted by molar-refractivity contribution is 7.88. The number of nitrogens with zero attached hydrogens (tertiary/aromatic N) is 5. The van der Waals surface area contributed by atoms with E-state index in [-0.39, 0.29) is 21.7 Å². The Morgan fingerprint density at radius 1 is 1.11 bits per heavy atom. The predicted octanol–water partition coefficient (Wildman–Crippen LogP) is 4.18. The molecule has 1 unspecified atom stereocenters. The van der Waals surface area contributed by atoms with Crippen molar-refractivity contribution in [3.8, 4) is 17.2 Å². The topological polar surface area (TPSA) is 123 Å². The van der Waals surface area contributed by atoms with E-state index in [2.05, 4.69) is 30.2 Å². The lowest BCUT2D eigenvalue weighted by atomic mass is 10.1. The van der Waals surface area contributed by atoms with E-state index in [0.717, 1.165) is 24.5 Å². The standard InChI is InChI=1S/C19H16F8N6O4S/c1-38(34,35)33(8-19(25,26)27)7-13(11-3-2-10(4-12(11)20)36-17(23)24)30-18-28-5-9(6-29-18)15-31-32-16(37-15)14(21)22/h2-6,13-14,17H,7-8H2,1H3,(H,28,29,30). The van der Waals surface area contributed by atoms with Gasteiger partial charge in [-0.15, -0.1) is 10.2 Å². The first-order valence-corrected chi connectivity index (χ1v) is 11.9. The molecule has 0 aliphatic carbocycles. The largest absolute Gasteiger partial charge is 0.435 e. The Labute approximate surface area is 208 Å². The van der Waals surface area contributed by atoms with Crippen molar-refractivity contribution >= 4 is 16.0 Å². The number of sulfonamides is 1. The number of aromatic nitrogens is 4. The first-order chi connectivity index (χ1) is 17.6. The number of alkyl halides is 7. The summed E-state index contributed by atoms with van der Waals surface area (Å²) in [5.41, 5.74) is -0.463. The van der Waals surface area contributed by atoms with Crippen LogP contribution in [0, 0.1) is 5.82 Å². The van der Waals surface area contributed by atoms with Crippen LogP contribution in [-0.4, -0.2) is 65.0 Å². The van der Waals surface area contributed by atoms with Crippen LogP contribution in [0.15, 0.2) is 35.0 Å². The zero-order valence-electron chi connectivity index (χ0n) is 18.8.